The molecule has 0 radical (unpaired) electrons. The number of hydrogen-bond acceptors (Lipinski definition) is 12. The van der Waals surface area contributed by atoms with E-state index < -0.39 is 60.7 Å². The highest BCUT2D eigenvalue weighted by molar-refractivity contribution is 6.31. The standard InChI is InChI=1S/C32H37ClO12/c1-18(34)40-17-28-29(41-19(2)35)30(42-20(3)36)31(43-21(4)37)32(38,45-28)24-7-10-27(33)23(16-24)15-22-5-8-25(9-6-22)44-26-11-13-39-14-12-26/h5-10,16,26,28-31,38H,11-15,17H2,1-4H3/t28-,29-,30+,31-,32-/m1/s1. The van der Waals surface area contributed by atoms with Crippen LogP contribution in [0.5, 0.6) is 5.75 Å². The van der Waals surface area contributed by atoms with Crippen LogP contribution >= 0.6 is 11.6 Å². The van der Waals surface area contributed by atoms with Crippen LogP contribution in [-0.2, 0) is 59.8 Å². The van der Waals surface area contributed by atoms with E-state index in [9.17, 15) is 24.3 Å². The molecule has 0 spiro atoms. The maximum Gasteiger partial charge on any atom is 0.303 e. The Labute approximate surface area is 265 Å². The van der Waals surface area contributed by atoms with Crippen LogP contribution in [0.3, 0.4) is 0 Å². The van der Waals surface area contributed by atoms with Crippen molar-refractivity contribution in [1.82, 2.24) is 0 Å². The van der Waals surface area contributed by atoms with Gasteiger partial charge in [-0.2, -0.15) is 0 Å². The summed E-state index contributed by atoms with van der Waals surface area (Å²) in [7, 11) is 0. The first kappa shape index (κ1) is 34.2. The number of ether oxygens (including phenoxy) is 7. The van der Waals surface area contributed by atoms with Crippen LogP contribution in [0.2, 0.25) is 5.02 Å². The molecule has 0 aliphatic carbocycles. The summed E-state index contributed by atoms with van der Waals surface area (Å²) in [6.07, 6.45) is -3.90. The summed E-state index contributed by atoms with van der Waals surface area (Å²) >= 11 is 6.57. The van der Waals surface area contributed by atoms with Crippen LogP contribution in [0.4, 0.5) is 0 Å². The molecule has 2 saturated heterocycles. The minimum atomic E-state index is -2.46. The van der Waals surface area contributed by atoms with Crippen molar-refractivity contribution in [2.45, 2.75) is 83.3 Å². The molecule has 2 aliphatic heterocycles. The van der Waals surface area contributed by atoms with E-state index in [1.165, 1.54) is 6.07 Å². The third kappa shape index (κ3) is 8.94. The van der Waals surface area contributed by atoms with E-state index in [0.717, 1.165) is 51.8 Å². The fraction of sp³-hybridized carbons (Fsp3) is 0.500. The number of carbonyl (C=O) groups is 4. The van der Waals surface area contributed by atoms with Gasteiger partial charge in [-0.15, -0.1) is 0 Å². The third-order valence-electron chi connectivity index (χ3n) is 7.30. The molecule has 5 atom stereocenters. The van der Waals surface area contributed by atoms with Gasteiger partial charge < -0.3 is 38.3 Å². The fourth-order valence-electron chi connectivity index (χ4n) is 5.34. The van der Waals surface area contributed by atoms with Crippen molar-refractivity contribution in [2.24, 2.45) is 0 Å². The molecular weight excluding hydrogens is 612 g/mol. The van der Waals surface area contributed by atoms with Gasteiger partial charge in [0.25, 0.3) is 0 Å². The zero-order valence-electron chi connectivity index (χ0n) is 25.5. The molecule has 45 heavy (non-hydrogen) atoms. The first-order valence-electron chi connectivity index (χ1n) is 14.5. The summed E-state index contributed by atoms with van der Waals surface area (Å²) in [4.78, 5) is 48.2. The van der Waals surface area contributed by atoms with Crippen molar-refractivity contribution < 1.29 is 57.4 Å². The summed E-state index contributed by atoms with van der Waals surface area (Å²) < 4.78 is 39.0. The monoisotopic (exact) mass is 648 g/mol. The van der Waals surface area contributed by atoms with Gasteiger partial charge in [0.15, 0.2) is 12.2 Å². The molecule has 0 amide bonds. The van der Waals surface area contributed by atoms with Gasteiger partial charge in [0.1, 0.15) is 24.6 Å². The van der Waals surface area contributed by atoms with Gasteiger partial charge in [-0.1, -0.05) is 29.8 Å². The lowest BCUT2D eigenvalue weighted by molar-refractivity contribution is -0.360. The largest absolute Gasteiger partial charge is 0.490 e. The molecule has 2 aliphatic rings. The van der Waals surface area contributed by atoms with E-state index >= 15 is 0 Å². The van der Waals surface area contributed by atoms with Crippen molar-refractivity contribution >= 4 is 35.5 Å². The lowest BCUT2D eigenvalue weighted by atomic mass is 9.86. The van der Waals surface area contributed by atoms with Gasteiger partial charge in [-0.05, 0) is 41.8 Å². The van der Waals surface area contributed by atoms with E-state index in [0.29, 0.717) is 30.2 Å². The Balaban J connectivity index is 1.68. The van der Waals surface area contributed by atoms with Gasteiger partial charge in [-0.3, -0.25) is 19.2 Å². The van der Waals surface area contributed by atoms with Crippen LogP contribution in [0.25, 0.3) is 0 Å². The quantitative estimate of drug-likeness (QED) is 0.297. The molecule has 0 bridgehead atoms. The molecule has 0 aromatic heterocycles. The van der Waals surface area contributed by atoms with Crippen LogP contribution in [0, 0.1) is 0 Å². The minimum absolute atomic E-state index is 0.0954. The molecule has 2 aromatic carbocycles. The number of aliphatic hydroxyl groups is 1. The SMILES string of the molecule is CC(=O)OC[C@H]1O[C@](O)(c2ccc(Cl)c(Cc3ccc(OC4CCOCC4)cc3)c2)[C@H](OC(C)=O)[C@@H](OC(C)=O)[C@@H]1OC(C)=O. The molecule has 1 N–H and O–H groups in total. The maximum atomic E-state index is 12.3. The molecule has 0 unspecified atom stereocenters. The number of hydrogen-bond donors (Lipinski definition) is 1. The fourth-order valence-corrected chi connectivity index (χ4v) is 5.52. The molecule has 0 saturated carbocycles. The number of halogens is 1. The van der Waals surface area contributed by atoms with Gasteiger partial charge in [-0.25, -0.2) is 0 Å². The normalized spacial score (nSPS) is 25.1. The Morgan fingerprint density at radius 1 is 0.867 bits per heavy atom. The zero-order valence-corrected chi connectivity index (χ0v) is 26.2. The Bertz CT molecular complexity index is 1370. The number of benzene rings is 2. The van der Waals surface area contributed by atoms with Crippen molar-refractivity contribution in [3.05, 3.63) is 64.2 Å². The molecular formula is C32H37ClO12. The Hall–Kier alpha value is -3.71. The van der Waals surface area contributed by atoms with Gasteiger partial charge in [0.05, 0.1) is 13.2 Å². The van der Waals surface area contributed by atoms with E-state index in [-0.39, 0.29) is 11.7 Å². The smallest absolute Gasteiger partial charge is 0.303 e. The topological polar surface area (TPSA) is 153 Å². The summed E-state index contributed by atoms with van der Waals surface area (Å²) in [5.41, 5.74) is 1.58. The van der Waals surface area contributed by atoms with Crippen LogP contribution in [0.1, 0.15) is 57.2 Å². The Morgan fingerprint density at radius 3 is 2.09 bits per heavy atom. The molecule has 13 heteroatoms. The highest BCUT2D eigenvalue weighted by Gasteiger charge is 2.60. The van der Waals surface area contributed by atoms with Crippen LogP contribution in [-0.4, -0.2) is 79.3 Å². The molecule has 244 valence electrons. The average Bonchev–Trinajstić information content (AvgIpc) is 2.97. The lowest BCUT2D eigenvalue weighted by Crippen LogP contribution is -2.66. The molecule has 2 fully saturated rings. The Kier molecular flexibility index (Phi) is 11.4. The summed E-state index contributed by atoms with van der Waals surface area (Å²) in [5.74, 6) is -4.83. The molecule has 12 nitrogen and oxygen atoms in total. The Morgan fingerprint density at radius 2 is 1.49 bits per heavy atom. The van der Waals surface area contributed by atoms with Crippen molar-refractivity contribution in [1.29, 1.82) is 0 Å². The van der Waals surface area contributed by atoms with E-state index in [1.807, 2.05) is 24.3 Å². The predicted octanol–water partition coefficient (Wildman–Crippen LogP) is 3.39. The van der Waals surface area contributed by atoms with E-state index in [2.05, 4.69) is 0 Å². The van der Waals surface area contributed by atoms with Crippen molar-refractivity contribution in [3.63, 3.8) is 0 Å². The molecule has 2 heterocycles. The van der Waals surface area contributed by atoms with Gasteiger partial charge in [0.2, 0.25) is 11.9 Å². The van der Waals surface area contributed by atoms with Crippen molar-refractivity contribution in [2.75, 3.05) is 19.8 Å². The van der Waals surface area contributed by atoms with Gasteiger partial charge >= 0.3 is 23.9 Å². The minimum Gasteiger partial charge on any atom is -0.490 e. The van der Waals surface area contributed by atoms with Crippen molar-refractivity contribution in [3.8, 4) is 5.75 Å². The van der Waals surface area contributed by atoms with Gasteiger partial charge in [0, 0.05) is 51.1 Å². The highest BCUT2D eigenvalue weighted by Crippen LogP contribution is 2.42. The predicted molar refractivity (Wildman–Crippen MR) is 157 cm³/mol. The highest BCUT2D eigenvalue weighted by atomic mass is 35.5. The van der Waals surface area contributed by atoms with Crippen LogP contribution in [0.15, 0.2) is 42.5 Å². The number of rotatable bonds is 10. The summed E-state index contributed by atoms with van der Waals surface area (Å²) in [5, 5.41) is 12.5. The first-order valence-corrected chi connectivity index (χ1v) is 14.9. The summed E-state index contributed by atoms with van der Waals surface area (Å²) in [6.45, 7) is 5.33. The third-order valence-corrected chi connectivity index (χ3v) is 7.67. The average molecular weight is 649 g/mol. The summed E-state index contributed by atoms with van der Waals surface area (Å²) in [6, 6.07) is 12.1. The lowest BCUT2D eigenvalue weighted by Gasteiger charge is -2.48. The number of carbonyl (C=O) groups excluding carboxylic acids is 4. The molecule has 2 aromatic rings. The van der Waals surface area contributed by atoms with Crippen LogP contribution < -0.4 is 4.74 Å². The maximum absolute atomic E-state index is 12.3. The number of esters is 4. The molecule has 4 rings (SSSR count). The first-order chi connectivity index (χ1) is 21.4. The van der Waals surface area contributed by atoms with E-state index in [1.54, 1.807) is 12.1 Å². The van der Waals surface area contributed by atoms with E-state index in [4.69, 9.17) is 44.8 Å². The zero-order chi connectivity index (χ0) is 32.7. The second-order valence-corrected chi connectivity index (χ2v) is 11.3. The second-order valence-electron chi connectivity index (χ2n) is 10.9. The second kappa shape index (κ2) is 15.0.